The van der Waals surface area contributed by atoms with Crippen molar-refractivity contribution in [3.8, 4) is 5.75 Å². The Morgan fingerprint density at radius 3 is 2.14 bits per heavy atom. The first-order valence-corrected chi connectivity index (χ1v) is 5.81. The Balaban J connectivity index is 2.34. The average molecular weight is 331 g/mol. The first-order chi connectivity index (χ1) is 10.1. The van der Waals surface area contributed by atoms with Crippen LogP contribution in [0.3, 0.4) is 0 Å². The van der Waals surface area contributed by atoms with Crippen molar-refractivity contribution in [2.45, 2.75) is 19.1 Å². The Labute approximate surface area is 121 Å². The van der Waals surface area contributed by atoms with E-state index in [0.29, 0.717) is 5.56 Å². The SMILES string of the molecule is O=C(COCC(F)(F)F)NCc1ccc(OC(F)(F)F)cc1. The van der Waals surface area contributed by atoms with Crippen LogP contribution in [0.2, 0.25) is 0 Å². The molecule has 0 saturated carbocycles. The molecular weight excluding hydrogens is 320 g/mol. The summed E-state index contributed by atoms with van der Waals surface area (Å²) in [4.78, 5) is 11.2. The van der Waals surface area contributed by atoms with E-state index in [1.54, 1.807) is 0 Å². The van der Waals surface area contributed by atoms with E-state index < -0.39 is 37.4 Å². The van der Waals surface area contributed by atoms with Crippen molar-refractivity contribution in [2.24, 2.45) is 0 Å². The monoisotopic (exact) mass is 331 g/mol. The van der Waals surface area contributed by atoms with Crippen LogP contribution in [-0.2, 0) is 16.1 Å². The molecule has 1 aromatic rings. The summed E-state index contributed by atoms with van der Waals surface area (Å²) < 4.78 is 78.9. The van der Waals surface area contributed by atoms with Crippen molar-refractivity contribution in [3.05, 3.63) is 29.8 Å². The van der Waals surface area contributed by atoms with Gasteiger partial charge >= 0.3 is 12.5 Å². The number of amides is 1. The highest BCUT2D eigenvalue weighted by atomic mass is 19.4. The normalized spacial score (nSPS) is 12.1. The van der Waals surface area contributed by atoms with Crippen LogP contribution in [0.15, 0.2) is 24.3 Å². The van der Waals surface area contributed by atoms with Crippen molar-refractivity contribution in [1.82, 2.24) is 5.32 Å². The third-order valence-corrected chi connectivity index (χ3v) is 2.15. The van der Waals surface area contributed by atoms with Gasteiger partial charge in [0.2, 0.25) is 5.91 Å². The molecule has 1 N–H and O–H groups in total. The largest absolute Gasteiger partial charge is 0.573 e. The van der Waals surface area contributed by atoms with Gasteiger partial charge < -0.3 is 14.8 Å². The number of halogens is 6. The summed E-state index contributed by atoms with van der Waals surface area (Å²) in [5.74, 6) is -1.20. The number of ether oxygens (including phenoxy) is 2. The van der Waals surface area contributed by atoms with Crippen LogP contribution in [-0.4, -0.2) is 31.7 Å². The molecule has 0 aliphatic heterocycles. The van der Waals surface area contributed by atoms with Gasteiger partial charge in [-0.1, -0.05) is 12.1 Å². The highest BCUT2D eigenvalue weighted by Crippen LogP contribution is 2.22. The van der Waals surface area contributed by atoms with E-state index in [2.05, 4.69) is 14.8 Å². The zero-order valence-corrected chi connectivity index (χ0v) is 10.9. The zero-order valence-electron chi connectivity index (χ0n) is 10.9. The number of rotatable bonds is 6. The van der Waals surface area contributed by atoms with Crippen LogP contribution in [0, 0.1) is 0 Å². The lowest BCUT2D eigenvalue weighted by Gasteiger charge is -2.10. The van der Waals surface area contributed by atoms with E-state index in [-0.39, 0.29) is 6.54 Å². The second-order valence-corrected chi connectivity index (χ2v) is 4.08. The molecule has 0 bridgehead atoms. The van der Waals surface area contributed by atoms with Crippen LogP contribution >= 0.6 is 0 Å². The summed E-state index contributed by atoms with van der Waals surface area (Å²) in [5, 5.41) is 2.26. The molecule has 0 aliphatic carbocycles. The minimum absolute atomic E-state index is 0.0689. The highest BCUT2D eigenvalue weighted by molar-refractivity contribution is 5.77. The Morgan fingerprint density at radius 2 is 1.64 bits per heavy atom. The van der Waals surface area contributed by atoms with E-state index in [9.17, 15) is 31.1 Å². The molecule has 22 heavy (non-hydrogen) atoms. The predicted molar refractivity (Wildman–Crippen MR) is 61.8 cm³/mol. The number of hydrogen-bond donors (Lipinski definition) is 1. The van der Waals surface area contributed by atoms with Gasteiger partial charge in [0, 0.05) is 6.54 Å². The van der Waals surface area contributed by atoms with E-state index in [0.717, 1.165) is 12.1 Å². The van der Waals surface area contributed by atoms with Gasteiger partial charge in [-0.2, -0.15) is 13.2 Å². The fourth-order valence-electron chi connectivity index (χ4n) is 1.32. The van der Waals surface area contributed by atoms with Crippen molar-refractivity contribution >= 4 is 5.91 Å². The Kier molecular flexibility index (Phi) is 6.03. The van der Waals surface area contributed by atoms with Gasteiger partial charge in [-0.3, -0.25) is 4.79 Å². The van der Waals surface area contributed by atoms with Crippen molar-refractivity contribution in [1.29, 1.82) is 0 Å². The lowest BCUT2D eigenvalue weighted by molar-refractivity contribution is -0.274. The summed E-state index contributed by atoms with van der Waals surface area (Å²) in [6.45, 7) is -2.38. The van der Waals surface area contributed by atoms with E-state index in [4.69, 9.17) is 0 Å². The van der Waals surface area contributed by atoms with Gasteiger partial charge in [0.1, 0.15) is 19.0 Å². The molecule has 0 heterocycles. The van der Waals surface area contributed by atoms with Gasteiger partial charge in [-0.15, -0.1) is 13.2 Å². The summed E-state index contributed by atoms with van der Waals surface area (Å²) in [5.41, 5.74) is 0.443. The Bertz CT molecular complexity index is 483. The molecule has 124 valence electrons. The molecule has 4 nitrogen and oxygen atoms in total. The van der Waals surface area contributed by atoms with E-state index >= 15 is 0 Å². The standard InChI is InChI=1S/C12H11F6NO3/c13-11(14,15)7-21-6-10(20)19-5-8-1-3-9(4-2-8)22-12(16,17)18/h1-4H,5-7H2,(H,19,20). The van der Waals surface area contributed by atoms with Gasteiger partial charge in [0.05, 0.1) is 0 Å². The number of nitrogens with one attached hydrogen (secondary N) is 1. The van der Waals surface area contributed by atoms with E-state index in [1.165, 1.54) is 12.1 Å². The van der Waals surface area contributed by atoms with E-state index in [1.807, 2.05) is 0 Å². The smallest absolute Gasteiger partial charge is 0.406 e. The van der Waals surface area contributed by atoms with Gasteiger partial charge in [0.15, 0.2) is 0 Å². The van der Waals surface area contributed by atoms with Crippen LogP contribution in [0.25, 0.3) is 0 Å². The minimum Gasteiger partial charge on any atom is -0.406 e. The van der Waals surface area contributed by atoms with Crippen LogP contribution in [0.1, 0.15) is 5.56 Å². The number of carbonyl (C=O) groups is 1. The number of hydrogen-bond acceptors (Lipinski definition) is 3. The third-order valence-electron chi connectivity index (χ3n) is 2.15. The predicted octanol–water partition coefficient (Wildman–Crippen LogP) is 2.78. The second-order valence-electron chi connectivity index (χ2n) is 4.08. The van der Waals surface area contributed by atoms with Gasteiger partial charge in [-0.25, -0.2) is 0 Å². The molecule has 0 atom stereocenters. The molecule has 1 amide bonds. The number of alkyl halides is 6. The summed E-state index contributed by atoms with van der Waals surface area (Å²) >= 11 is 0. The molecule has 0 unspecified atom stereocenters. The lowest BCUT2D eigenvalue weighted by Crippen LogP contribution is -2.29. The van der Waals surface area contributed by atoms with Crippen LogP contribution < -0.4 is 10.1 Å². The molecule has 0 aromatic heterocycles. The molecule has 1 rings (SSSR count). The molecule has 0 aliphatic rings. The van der Waals surface area contributed by atoms with Crippen molar-refractivity contribution in [3.63, 3.8) is 0 Å². The maximum Gasteiger partial charge on any atom is 0.573 e. The second kappa shape index (κ2) is 7.34. The quantitative estimate of drug-likeness (QED) is 0.816. The van der Waals surface area contributed by atoms with Crippen molar-refractivity contribution < 1.29 is 40.6 Å². The molecule has 0 saturated heterocycles. The third kappa shape index (κ3) is 8.35. The summed E-state index contributed by atoms with van der Waals surface area (Å²) in [6, 6.07) is 4.65. The topological polar surface area (TPSA) is 47.6 Å². The van der Waals surface area contributed by atoms with Crippen LogP contribution in [0.4, 0.5) is 26.3 Å². The maximum atomic E-state index is 11.9. The van der Waals surface area contributed by atoms with Gasteiger partial charge in [0.25, 0.3) is 0 Å². The van der Waals surface area contributed by atoms with Crippen LogP contribution in [0.5, 0.6) is 5.75 Å². The number of carbonyl (C=O) groups excluding carboxylic acids is 1. The molecule has 1 aromatic carbocycles. The fourth-order valence-corrected chi connectivity index (χ4v) is 1.32. The Hall–Kier alpha value is -1.97. The zero-order chi connectivity index (χ0) is 16.8. The molecular formula is C12H11F6NO3. The minimum atomic E-state index is -4.80. The lowest BCUT2D eigenvalue weighted by atomic mass is 10.2. The first kappa shape index (κ1) is 18.1. The summed E-state index contributed by atoms with van der Waals surface area (Å²) in [7, 11) is 0. The number of benzene rings is 1. The molecule has 0 radical (unpaired) electrons. The first-order valence-electron chi connectivity index (χ1n) is 5.81. The summed E-state index contributed by atoms with van der Waals surface area (Å²) in [6.07, 6.45) is -9.32. The molecule has 0 spiro atoms. The van der Waals surface area contributed by atoms with Crippen molar-refractivity contribution in [2.75, 3.05) is 13.2 Å². The highest BCUT2D eigenvalue weighted by Gasteiger charge is 2.31. The average Bonchev–Trinajstić information content (AvgIpc) is 2.34. The fraction of sp³-hybridized carbons (Fsp3) is 0.417. The maximum absolute atomic E-state index is 11.9. The molecule has 0 fully saturated rings. The van der Waals surface area contributed by atoms with Gasteiger partial charge in [-0.05, 0) is 17.7 Å². The molecule has 10 heteroatoms. The Morgan fingerprint density at radius 1 is 1.05 bits per heavy atom.